The summed E-state index contributed by atoms with van der Waals surface area (Å²) in [7, 11) is 0. The van der Waals surface area contributed by atoms with Gasteiger partial charge in [-0.2, -0.15) is 0 Å². The predicted octanol–water partition coefficient (Wildman–Crippen LogP) is 14.6. The zero-order chi connectivity index (χ0) is 39.5. The fourth-order valence-corrected chi connectivity index (χ4v) is 9.19. The number of hydrogen-bond donors (Lipinski definition) is 0. The second-order valence-corrected chi connectivity index (χ2v) is 15.1. The highest BCUT2D eigenvalue weighted by Crippen LogP contribution is 2.55. The van der Waals surface area contributed by atoms with Crippen LogP contribution in [0, 0.1) is 0 Å². The molecule has 0 radical (unpaired) electrons. The van der Waals surface area contributed by atoms with Crippen LogP contribution in [0.15, 0.2) is 255 Å². The van der Waals surface area contributed by atoms with Crippen LogP contribution in [0.25, 0.3) is 43.8 Å². The van der Waals surface area contributed by atoms with Crippen molar-refractivity contribution in [3.63, 3.8) is 0 Å². The molecule has 0 spiro atoms. The molecule has 0 atom stereocenters. The highest BCUT2D eigenvalue weighted by Gasteiger charge is 2.50. The van der Waals surface area contributed by atoms with Gasteiger partial charge in [0.1, 0.15) is 11.2 Å². The lowest BCUT2D eigenvalue weighted by molar-refractivity contribution is -0.0804. The number of rotatable bonds is 10. The van der Waals surface area contributed by atoms with Gasteiger partial charge in [-0.15, -0.1) is 0 Å². The van der Waals surface area contributed by atoms with E-state index in [2.05, 4.69) is 255 Å². The maximum Gasteiger partial charge on any atom is 0.146 e. The van der Waals surface area contributed by atoms with Crippen LogP contribution in [0.4, 0.5) is 0 Å². The van der Waals surface area contributed by atoms with Gasteiger partial charge >= 0.3 is 0 Å². The molecule has 59 heavy (non-hydrogen) atoms. The number of benzene rings is 10. The maximum absolute atomic E-state index is 8.69. The Morgan fingerprint density at radius 2 is 0.492 bits per heavy atom. The molecule has 0 bridgehead atoms. The molecular formula is C58H42O. The van der Waals surface area contributed by atoms with Crippen molar-refractivity contribution in [2.75, 3.05) is 0 Å². The second-order valence-electron chi connectivity index (χ2n) is 15.1. The summed E-state index contributed by atoms with van der Waals surface area (Å²) in [5.74, 6) is 0. The van der Waals surface area contributed by atoms with Gasteiger partial charge in [-0.3, -0.25) is 0 Å². The molecule has 0 aliphatic heterocycles. The van der Waals surface area contributed by atoms with Gasteiger partial charge in [0.15, 0.2) is 0 Å². The van der Waals surface area contributed by atoms with Gasteiger partial charge in [-0.25, -0.2) is 0 Å². The molecular weight excluding hydrogens is 713 g/mol. The minimum absolute atomic E-state index is 1.03. The van der Waals surface area contributed by atoms with Crippen LogP contribution in [-0.2, 0) is 15.9 Å². The van der Waals surface area contributed by atoms with E-state index in [1.807, 2.05) is 0 Å². The SMILES string of the molecule is c1ccc(C(OC(c2ccccc2)(c2ccccc2)c2ccccc2-c2cccc3ccccc23)(c2ccccc2)c2ccccc2-c2cccc3ccccc23)cc1. The van der Waals surface area contributed by atoms with Gasteiger partial charge in [-0.05, 0) is 66.1 Å². The second kappa shape index (κ2) is 15.6. The monoisotopic (exact) mass is 754 g/mol. The minimum Gasteiger partial charge on any atom is -0.340 e. The Kier molecular flexibility index (Phi) is 9.50. The molecule has 280 valence electrons. The Morgan fingerprint density at radius 3 is 0.864 bits per heavy atom. The van der Waals surface area contributed by atoms with E-state index in [1.54, 1.807) is 0 Å². The molecule has 0 aliphatic rings. The van der Waals surface area contributed by atoms with E-state index in [4.69, 9.17) is 4.74 Å². The van der Waals surface area contributed by atoms with Gasteiger partial charge in [0.05, 0.1) is 0 Å². The Morgan fingerprint density at radius 1 is 0.220 bits per heavy atom. The summed E-state index contributed by atoms with van der Waals surface area (Å²) >= 11 is 0. The molecule has 10 aromatic carbocycles. The minimum atomic E-state index is -1.16. The van der Waals surface area contributed by atoms with E-state index >= 15 is 0 Å². The first-order valence-electron chi connectivity index (χ1n) is 20.3. The maximum atomic E-state index is 8.69. The molecule has 0 saturated heterocycles. The summed E-state index contributed by atoms with van der Waals surface area (Å²) in [6.07, 6.45) is 0. The standard InChI is InChI=1S/C58H42O/c1-5-27-45(28-6-1)57(46-29-7-2-8-30-46,55-41-19-17-37-53(55)51-39-21-25-43-23-13-15-35-49(43)51)59-58(47-31-9-3-10-32-47,48-33-11-4-12-34-48)56-42-20-18-38-54(56)52-40-22-26-44-24-14-16-36-50(44)52/h1-42H. The predicted molar refractivity (Wildman–Crippen MR) is 245 cm³/mol. The fraction of sp³-hybridized carbons (Fsp3) is 0.0345. The molecule has 1 heteroatoms. The fourth-order valence-electron chi connectivity index (χ4n) is 9.19. The molecule has 0 aliphatic carbocycles. The van der Waals surface area contributed by atoms with Crippen LogP contribution in [0.5, 0.6) is 0 Å². The van der Waals surface area contributed by atoms with Gasteiger partial charge in [0.2, 0.25) is 0 Å². The van der Waals surface area contributed by atoms with E-state index in [0.29, 0.717) is 0 Å². The Balaban J connectivity index is 1.38. The Hall–Kier alpha value is -7.32. The smallest absolute Gasteiger partial charge is 0.146 e. The van der Waals surface area contributed by atoms with E-state index in [-0.39, 0.29) is 0 Å². The average molecular weight is 755 g/mol. The summed E-state index contributed by atoms with van der Waals surface area (Å²) in [5, 5.41) is 4.77. The summed E-state index contributed by atoms with van der Waals surface area (Å²) in [4.78, 5) is 0. The first-order chi connectivity index (χ1) is 29.3. The largest absolute Gasteiger partial charge is 0.340 e. The summed E-state index contributed by atoms with van der Waals surface area (Å²) in [6.45, 7) is 0. The molecule has 0 saturated carbocycles. The van der Waals surface area contributed by atoms with E-state index in [0.717, 1.165) is 55.6 Å². The van der Waals surface area contributed by atoms with Crippen LogP contribution in [-0.4, -0.2) is 0 Å². The summed E-state index contributed by atoms with van der Waals surface area (Å²) < 4.78 is 8.69. The number of ether oxygens (including phenoxy) is 1. The molecule has 0 aromatic heterocycles. The normalized spacial score (nSPS) is 11.8. The van der Waals surface area contributed by atoms with Crippen molar-refractivity contribution in [1.82, 2.24) is 0 Å². The topological polar surface area (TPSA) is 9.23 Å². The first kappa shape index (κ1) is 36.0. The van der Waals surface area contributed by atoms with Crippen molar-refractivity contribution in [2.45, 2.75) is 11.2 Å². The van der Waals surface area contributed by atoms with Crippen molar-refractivity contribution in [3.8, 4) is 22.3 Å². The van der Waals surface area contributed by atoms with Crippen molar-refractivity contribution in [1.29, 1.82) is 0 Å². The van der Waals surface area contributed by atoms with Crippen molar-refractivity contribution in [3.05, 3.63) is 288 Å². The third-order valence-corrected chi connectivity index (χ3v) is 11.8. The van der Waals surface area contributed by atoms with Crippen molar-refractivity contribution < 1.29 is 4.74 Å². The van der Waals surface area contributed by atoms with E-state index in [9.17, 15) is 0 Å². The van der Waals surface area contributed by atoms with Crippen LogP contribution in [0.1, 0.15) is 33.4 Å². The van der Waals surface area contributed by atoms with Gasteiger partial charge in [0, 0.05) is 11.1 Å². The first-order valence-corrected chi connectivity index (χ1v) is 20.3. The average Bonchev–Trinajstić information content (AvgIpc) is 3.33. The van der Waals surface area contributed by atoms with Gasteiger partial charge in [-0.1, -0.05) is 255 Å². The Bertz CT molecular complexity index is 2710. The third-order valence-electron chi connectivity index (χ3n) is 11.8. The van der Waals surface area contributed by atoms with Crippen LogP contribution in [0.2, 0.25) is 0 Å². The molecule has 0 amide bonds. The molecule has 1 nitrogen and oxygen atoms in total. The quantitative estimate of drug-likeness (QED) is 0.126. The third kappa shape index (κ3) is 6.24. The highest BCUT2D eigenvalue weighted by molar-refractivity contribution is 5.99. The lowest BCUT2D eigenvalue weighted by atomic mass is 9.72. The lowest BCUT2D eigenvalue weighted by Gasteiger charge is -2.47. The van der Waals surface area contributed by atoms with Gasteiger partial charge in [0.25, 0.3) is 0 Å². The van der Waals surface area contributed by atoms with Crippen molar-refractivity contribution in [2.24, 2.45) is 0 Å². The molecule has 0 unspecified atom stereocenters. The van der Waals surface area contributed by atoms with Gasteiger partial charge < -0.3 is 4.74 Å². The van der Waals surface area contributed by atoms with Crippen LogP contribution < -0.4 is 0 Å². The van der Waals surface area contributed by atoms with Crippen LogP contribution >= 0.6 is 0 Å². The molecule has 10 rings (SSSR count). The zero-order valence-corrected chi connectivity index (χ0v) is 32.7. The highest BCUT2D eigenvalue weighted by atomic mass is 16.5. The summed E-state index contributed by atoms with van der Waals surface area (Å²) in [6, 6.07) is 91.5. The molecule has 10 aromatic rings. The van der Waals surface area contributed by atoms with E-state index < -0.39 is 11.2 Å². The molecule has 0 N–H and O–H groups in total. The zero-order valence-electron chi connectivity index (χ0n) is 32.7. The van der Waals surface area contributed by atoms with E-state index in [1.165, 1.54) is 21.5 Å². The number of fused-ring (bicyclic) bond motifs is 2. The van der Waals surface area contributed by atoms with Crippen LogP contribution in [0.3, 0.4) is 0 Å². The number of hydrogen-bond acceptors (Lipinski definition) is 1. The molecule has 0 fully saturated rings. The summed E-state index contributed by atoms with van der Waals surface area (Å²) in [5.41, 5.74) is 8.40. The van der Waals surface area contributed by atoms with Crippen molar-refractivity contribution >= 4 is 21.5 Å². The lowest BCUT2D eigenvalue weighted by Crippen LogP contribution is -2.45. The Labute approximate surface area is 346 Å². The molecule has 0 heterocycles.